The first-order chi connectivity index (χ1) is 18.7. The third kappa shape index (κ3) is 6.51. The van der Waals surface area contributed by atoms with Crippen LogP contribution in [0.4, 0.5) is 5.13 Å². The van der Waals surface area contributed by atoms with E-state index >= 15 is 0 Å². The Balaban J connectivity index is 1.30. The number of anilines is 1. The van der Waals surface area contributed by atoms with Gasteiger partial charge < -0.3 is 24.6 Å². The Morgan fingerprint density at radius 2 is 1.71 bits per heavy atom. The van der Waals surface area contributed by atoms with Gasteiger partial charge in [0.25, 0.3) is 5.91 Å². The molecule has 0 spiro atoms. The zero-order valence-corrected chi connectivity index (χ0v) is 22.3. The van der Waals surface area contributed by atoms with Crippen LogP contribution in [0.15, 0.2) is 84.2 Å². The van der Waals surface area contributed by atoms with E-state index in [2.05, 4.69) is 15.6 Å². The predicted octanol–water partition coefficient (Wildman–Crippen LogP) is 4.95. The normalized spacial score (nSPS) is 13.2. The number of nitrogens with one attached hydrogen (secondary N) is 1. The largest absolute Gasteiger partial charge is 0.497 e. The minimum absolute atomic E-state index is 0.0928. The van der Waals surface area contributed by atoms with Gasteiger partial charge in [0, 0.05) is 49.2 Å². The second-order valence-electron chi connectivity index (χ2n) is 9.07. The van der Waals surface area contributed by atoms with Crippen LogP contribution in [0.1, 0.15) is 15.9 Å². The van der Waals surface area contributed by atoms with Crippen LogP contribution in [0.3, 0.4) is 0 Å². The van der Waals surface area contributed by atoms with E-state index in [1.807, 2.05) is 83.8 Å². The molecule has 0 aliphatic carbocycles. The predicted molar refractivity (Wildman–Crippen MR) is 152 cm³/mol. The number of aromatic nitrogens is 1. The van der Waals surface area contributed by atoms with Gasteiger partial charge in [-0.15, -0.1) is 11.3 Å². The topological polar surface area (TPSA) is 66.9 Å². The number of amides is 1. The van der Waals surface area contributed by atoms with Gasteiger partial charge in [-0.2, -0.15) is 0 Å². The van der Waals surface area contributed by atoms with Crippen molar-refractivity contribution in [1.29, 1.82) is 0 Å². The maximum atomic E-state index is 12.9. The van der Waals surface area contributed by atoms with Gasteiger partial charge in [-0.25, -0.2) is 4.98 Å². The molecule has 3 aromatic carbocycles. The van der Waals surface area contributed by atoms with Crippen LogP contribution in [-0.2, 0) is 6.54 Å². The number of rotatable bonds is 10. The van der Waals surface area contributed by atoms with Crippen LogP contribution in [-0.4, -0.2) is 62.2 Å². The average molecular weight is 529 g/mol. The summed E-state index contributed by atoms with van der Waals surface area (Å²) in [4.78, 5) is 22.0. The van der Waals surface area contributed by atoms with Crippen molar-refractivity contribution >= 4 is 22.4 Å². The quantitative estimate of drug-likeness (QED) is 0.314. The summed E-state index contributed by atoms with van der Waals surface area (Å²) < 4.78 is 11.3. The molecule has 0 atom stereocenters. The first-order valence-electron chi connectivity index (χ1n) is 12.8. The lowest BCUT2D eigenvalue weighted by atomic mass is 10.1. The highest BCUT2D eigenvalue weighted by atomic mass is 32.1. The van der Waals surface area contributed by atoms with Crippen LogP contribution < -0.4 is 19.7 Å². The van der Waals surface area contributed by atoms with Gasteiger partial charge in [-0.05, 0) is 54.1 Å². The molecule has 1 aliphatic rings. The van der Waals surface area contributed by atoms with Crippen molar-refractivity contribution in [2.45, 2.75) is 6.54 Å². The Hall–Kier alpha value is -3.88. The average Bonchev–Trinajstić information content (AvgIpc) is 3.48. The number of piperazine rings is 1. The summed E-state index contributed by atoms with van der Waals surface area (Å²) in [6.45, 7) is 5.04. The number of carbonyl (C=O) groups excluding carboxylic acids is 1. The van der Waals surface area contributed by atoms with E-state index in [9.17, 15) is 4.79 Å². The molecular formula is C30H32N4O3S. The van der Waals surface area contributed by atoms with Crippen molar-refractivity contribution in [1.82, 2.24) is 15.2 Å². The molecule has 196 valence electrons. The summed E-state index contributed by atoms with van der Waals surface area (Å²) in [5, 5.41) is 6.30. The van der Waals surface area contributed by atoms with Crippen molar-refractivity contribution in [3.05, 3.63) is 95.4 Å². The number of methoxy groups -OCH3 is 1. The fraction of sp³-hybridized carbons (Fsp3) is 0.267. The van der Waals surface area contributed by atoms with E-state index < -0.39 is 0 Å². The van der Waals surface area contributed by atoms with Gasteiger partial charge in [0.15, 0.2) is 5.13 Å². The number of carbonyl (C=O) groups is 1. The molecule has 0 unspecified atom stereocenters. The zero-order valence-electron chi connectivity index (χ0n) is 21.5. The first kappa shape index (κ1) is 25.8. The number of para-hydroxylation sites is 1. The molecule has 0 bridgehead atoms. The van der Waals surface area contributed by atoms with Crippen molar-refractivity contribution in [3.8, 4) is 22.8 Å². The van der Waals surface area contributed by atoms with Crippen LogP contribution in [0, 0.1) is 0 Å². The van der Waals surface area contributed by atoms with Gasteiger partial charge >= 0.3 is 0 Å². The molecule has 38 heavy (non-hydrogen) atoms. The first-order valence-corrected chi connectivity index (χ1v) is 13.7. The molecule has 2 heterocycles. The summed E-state index contributed by atoms with van der Waals surface area (Å²) in [6, 6.07) is 25.7. The van der Waals surface area contributed by atoms with Crippen LogP contribution in [0.25, 0.3) is 11.3 Å². The number of thiazole rings is 1. The number of benzene rings is 3. The fourth-order valence-electron chi connectivity index (χ4n) is 4.36. The number of hydrogen-bond acceptors (Lipinski definition) is 7. The Labute approximate surface area is 227 Å². The molecule has 5 rings (SSSR count). The van der Waals surface area contributed by atoms with Gasteiger partial charge in [0.1, 0.15) is 18.1 Å². The molecule has 0 radical (unpaired) electrons. The third-order valence-electron chi connectivity index (χ3n) is 6.50. The lowest BCUT2D eigenvalue weighted by Gasteiger charge is -2.27. The Bertz CT molecular complexity index is 1300. The summed E-state index contributed by atoms with van der Waals surface area (Å²) in [7, 11) is 1.67. The molecule has 8 heteroatoms. The fourth-order valence-corrected chi connectivity index (χ4v) is 5.22. The molecule has 7 nitrogen and oxygen atoms in total. The van der Waals surface area contributed by atoms with Crippen molar-refractivity contribution < 1.29 is 14.3 Å². The molecule has 1 saturated heterocycles. The summed E-state index contributed by atoms with van der Waals surface area (Å²) >= 11 is 1.62. The van der Waals surface area contributed by atoms with E-state index in [-0.39, 0.29) is 5.91 Å². The highest BCUT2D eigenvalue weighted by Crippen LogP contribution is 2.29. The Kier molecular flexibility index (Phi) is 8.53. The van der Waals surface area contributed by atoms with Gasteiger partial charge in [0.2, 0.25) is 0 Å². The minimum Gasteiger partial charge on any atom is -0.497 e. The smallest absolute Gasteiger partial charge is 0.253 e. The molecule has 1 fully saturated rings. The van der Waals surface area contributed by atoms with Crippen molar-refractivity contribution in [2.75, 3.05) is 51.3 Å². The molecule has 0 saturated carbocycles. The standard InChI is InChI=1S/C30H32N4O3S/c1-36-26-13-11-24(12-14-26)28-22-38-30(32-28)34(19-20-37-27-5-3-2-4-6-27)21-23-7-9-25(10-8-23)29(35)33-17-15-31-16-18-33/h2-14,22,31H,15-21H2,1H3. The Morgan fingerprint density at radius 3 is 2.42 bits per heavy atom. The van der Waals surface area contributed by atoms with E-state index in [0.717, 1.165) is 65.2 Å². The SMILES string of the molecule is COc1ccc(-c2csc(N(CCOc3ccccc3)Cc3ccc(C(=O)N4CCNCC4)cc3)n2)cc1. The minimum atomic E-state index is 0.0928. The number of ether oxygens (including phenoxy) is 2. The highest BCUT2D eigenvalue weighted by molar-refractivity contribution is 7.14. The lowest BCUT2D eigenvalue weighted by Crippen LogP contribution is -2.46. The monoisotopic (exact) mass is 528 g/mol. The van der Waals surface area contributed by atoms with E-state index in [1.54, 1.807) is 18.4 Å². The molecule has 1 aromatic heterocycles. The Morgan fingerprint density at radius 1 is 0.974 bits per heavy atom. The highest BCUT2D eigenvalue weighted by Gasteiger charge is 2.18. The van der Waals surface area contributed by atoms with Gasteiger partial charge in [-0.3, -0.25) is 4.79 Å². The van der Waals surface area contributed by atoms with E-state index in [1.165, 1.54) is 0 Å². The number of nitrogens with zero attached hydrogens (tertiary/aromatic N) is 3. The summed E-state index contributed by atoms with van der Waals surface area (Å²) in [5.41, 5.74) is 3.82. The second kappa shape index (κ2) is 12.6. The van der Waals surface area contributed by atoms with Crippen molar-refractivity contribution in [3.63, 3.8) is 0 Å². The second-order valence-corrected chi connectivity index (χ2v) is 9.90. The van der Waals surface area contributed by atoms with Crippen LogP contribution >= 0.6 is 11.3 Å². The third-order valence-corrected chi connectivity index (χ3v) is 7.40. The zero-order chi connectivity index (χ0) is 26.2. The van der Waals surface area contributed by atoms with Crippen molar-refractivity contribution in [2.24, 2.45) is 0 Å². The van der Waals surface area contributed by atoms with Gasteiger partial charge in [0.05, 0.1) is 19.3 Å². The molecule has 4 aromatic rings. The summed E-state index contributed by atoms with van der Waals surface area (Å²) in [6.07, 6.45) is 0. The molecular weight excluding hydrogens is 496 g/mol. The summed E-state index contributed by atoms with van der Waals surface area (Å²) in [5.74, 6) is 1.76. The van der Waals surface area contributed by atoms with Gasteiger partial charge in [-0.1, -0.05) is 30.3 Å². The maximum Gasteiger partial charge on any atom is 0.253 e. The molecule has 1 aliphatic heterocycles. The molecule has 1 amide bonds. The van der Waals surface area contributed by atoms with E-state index in [4.69, 9.17) is 14.5 Å². The van der Waals surface area contributed by atoms with Crippen LogP contribution in [0.2, 0.25) is 0 Å². The number of hydrogen-bond donors (Lipinski definition) is 1. The lowest BCUT2D eigenvalue weighted by molar-refractivity contribution is 0.0736. The molecule has 1 N–H and O–H groups in total. The van der Waals surface area contributed by atoms with E-state index in [0.29, 0.717) is 19.7 Å². The van der Waals surface area contributed by atoms with Crippen LogP contribution in [0.5, 0.6) is 11.5 Å². The maximum absolute atomic E-state index is 12.9.